The van der Waals surface area contributed by atoms with Crippen LogP contribution in [0.3, 0.4) is 0 Å². The molecule has 0 aromatic heterocycles. The molecule has 1 unspecified atom stereocenters. The van der Waals surface area contributed by atoms with E-state index < -0.39 is 0 Å². The summed E-state index contributed by atoms with van der Waals surface area (Å²) in [5.41, 5.74) is 0.409. The molecule has 1 aliphatic heterocycles. The van der Waals surface area contributed by atoms with Crippen LogP contribution in [-0.2, 0) is 9.53 Å². The molecule has 1 aromatic rings. The van der Waals surface area contributed by atoms with Crippen LogP contribution in [0.2, 0.25) is 0 Å². The van der Waals surface area contributed by atoms with E-state index in [9.17, 15) is 9.59 Å². The molecule has 2 N–H and O–H groups in total. The first-order valence-electron chi connectivity index (χ1n) is 7.00. The van der Waals surface area contributed by atoms with Gasteiger partial charge in [0.2, 0.25) is 5.91 Å². The Labute approximate surface area is 123 Å². The van der Waals surface area contributed by atoms with Crippen molar-refractivity contribution in [2.45, 2.75) is 18.9 Å². The van der Waals surface area contributed by atoms with Gasteiger partial charge in [-0.2, -0.15) is 0 Å². The lowest BCUT2D eigenvalue weighted by molar-refractivity contribution is -0.120. The van der Waals surface area contributed by atoms with E-state index in [0.717, 1.165) is 19.4 Å². The fourth-order valence-electron chi connectivity index (χ4n) is 2.18. The minimum absolute atomic E-state index is 0.0659. The van der Waals surface area contributed by atoms with Crippen molar-refractivity contribution in [1.29, 1.82) is 0 Å². The van der Waals surface area contributed by atoms with E-state index in [-0.39, 0.29) is 24.5 Å². The molecule has 6 heteroatoms. The van der Waals surface area contributed by atoms with Crippen molar-refractivity contribution in [1.82, 2.24) is 10.6 Å². The second-order valence-corrected chi connectivity index (χ2v) is 4.82. The number of ether oxygens (including phenoxy) is 2. The maximum Gasteiger partial charge on any atom is 0.255 e. The molecule has 0 saturated carbocycles. The Morgan fingerprint density at radius 2 is 2.14 bits per heavy atom. The van der Waals surface area contributed by atoms with Gasteiger partial charge in [0, 0.05) is 13.2 Å². The third-order valence-electron chi connectivity index (χ3n) is 3.31. The summed E-state index contributed by atoms with van der Waals surface area (Å²) < 4.78 is 10.5. The van der Waals surface area contributed by atoms with Gasteiger partial charge in [-0.15, -0.1) is 0 Å². The molecule has 2 amide bonds. The molecule has 0 radical (unpaired) electrons. The van der Waals surface area contributed by atoms with Crippen LogP contribution in [-0.4, -0.2) is 44.7 Å². The van der Waals surface area contributed by atoms with E-state index in [1.165, 1.54) is 7.11 Å². The number of rotatable bonds is 6. The number of hydrogen-bond donors (Lipinski definition) is 2. The molecular weight excluding hydrogens is 272 g/mol. The number of nitrogens with one attached hydrogen (secondary N) is 2. The van der Waals surface area contributed by atoms with Crippen LogP contribution in [0.25, 0.3) is 0 Å². The Kier molecular flexibility index (Phi) is 5.57. The monoisotopic (exact) mass is 292 g/mol. The maximum absolute atomic E-state index is 12.0. The van der Waals surface area contributed by atoms with Crippen LogP contribution >= 0.6 is 0 Å². The molecule has 6 nitrogen and oxygen atoms in total. The van der Waals surface area contributed by atoms with E-state index in [2.05, 4.69) is 10.6 Å². The molecule has 1 fully saturated rings. The van der Waals surface area contributed by atoms with Gasteiger partial charge in [-0.1, -0.05) is 12.1 Å². The molecule has 114 valence electrons. The second-order valence-electron chi connectivity index (χ2n) is 4.82. The van der Waals surface area contributed by atoms with Crippen molar-refractivity contribution in [2.75, 3.05) is 26.8 Å². The number of benzene rings is 1. The van der Waals surface area contributed by atoms with Gasteiger partial charge >= 0.3 is 0 Å². The van der Waals surface area contributed by atoms with Crippen molar-refractivity contribution in [3.63, 3.8) is 0 Å². The molecule has 1 saturated heterocycles. The first-order chi connectivity index (χ1) is 10.2. The summed E-state index contributed by atoms with van der Waals surface area (Å²) in [6.07, 6.45) is 2.10. The molecule has 0 bridgehead atoms. The number of carbonyl (C=O) groups excluding carboxylic acids is 2. The zero-order chi connectivity index (χ0) is 15.1. The molecule has 2 rings (SSSR count). The molecule has 1 atom stereocenters. The first kappa shape index (κ1) is 15.3. The highest BCUT2D eigenvalue weighted by Crippen LogP contribution is 2.16. The van der Waals surface area contributed by atoms with Crippen molar-refractivity contribution in [3.05, 3.63) is 29.8 Å². The fourth-order valence-corrected chi connectivity index (χ4v) is 2.18. The first-order valence-corrected chi connectivity index (χ1v) is 7.00. The van der Waals surface area contributed by atoms with E-state index >= 15 is 0 Å². The molecule has 0 aliphatic carbocycles. The lowest BCUT2D eigenvalue weighted by Gasteiger charge is -2.12. The number of hydrogen-bond acceptors (Lipinski definition) is 4. The third-order valence-corrected chi connectivity index (χ3v) is 3.31. The maximum atomic E-state index is 12.0. The quantitative estimate of drug-likeness (QED) is 0.810. The molecule has 1 aromatic carbocycles. The van der Waals surface area contributed by atoms with Crippen molar-refractivity contribution >= 4 is 11.8 Å². The summed E-state index contributed by atoms with van der Waals surface area (Å²) in [5, 5.41) is 5.33. The van der Waals surface area contributed by atoms with E-state index in [1.807, 2.05) is 0 Å². The predicted molar refractivity (Wildman–Crippen MR) is 77.3 cm³/mol. The Morgan fingerprint density at radius 3 is 2.86 bits per heavy atom. The molecule has 21 heavy (non-hydrogen) atoms. The van der Waals surface area contributed by atoms with Gasteiger partial charge in [-0.05, 0) is 25.0 Å². The molecule has 1 heterocycles. The summed E-state index contributed by atoms with van der Waals surface area (Å²) in [6, 6.07) is 6.88. The van der Waals surface area contributed by atoms with Crippen LogP contribution in [0.5, 0.6) is 5.75 Å². The average Bonchev–Trinajstić information content (AvgIpc) is 3.04. The van der Waals surface area contributed by atoms with Crippen molar-refractivity contribution in [3.8, 4) is 5.75 Å². The van der Waals surface area contributed by atoms with E-state index in [0.29, 0.717) is 17.9 Å². The predicted octanol–water partition coefficient (Wildman–Crippen LogP) is 0.720. The van der Waals surface area contributed by atoms with Gasteiger partial charge in [-0.25, -0.2) is 0 Å². The zero-order valence-corrected chi connectivity index (χ0v) is 12.1. The largest absolute Gasteiger partial charge is 0.496 e. The zero-order valence-electron chi connectivity index (χ0n) is 12.1. The van der Waals surface area contributed by atoms with Crippen LogP contribution < -0.4 is 15.4 Å². The highest BCUT2D eigenvalue weighted by molar-refractivity contribution is 5.98. The standard InChI is InChI=1S/C15H20N2O4/c1-20-13-7-3-2-6-12(13)15(19)17-10-14(18)16-9-11-5-4-8-21-11/h2-3,6-7,11H,4-5,8-10H2,1H3,(H,16,18)(H,17,19). The smallest absolute Gasteiger partial charge is 0.255 e. The van der Waals surface area contributed by atoms with Gasteiger partial charge in [0.1, 0.15) is 5.75 Å². The van der Waals surface area contributed by atoms with Crippen LogP contribution in [0, 0.1) is 0 Å². The van der Waals surface area contributed by atoms with Gasteiger partial charge in [0.05, 0.1) is 25.3 Å². The topological polar surface area (TPSA) is 76.7 Å². The Morgan fingerprint density at radius 1 is 1.33 bits per heavy atom. The lowest BCUT2D eigenvalue weighted by Crippen LogP contribution is -2.40. The highest BCUT2D eigenvalue weighted by Gasteiger charge is 2.17. The van der Waals surface area contributed by atoms with E-state index in [1.54, 1.807) is 24.3 Å². The van der Waals surface area contributed by atoms with Crippen molar-refractivity contribution in [2.24, 2.45) is 0 Å². The molecular formula is C15H20N2O4. The Bertz CT molecular complexity index is 498. The number of carbonyl (C=O) groups is 2. The number of amides is 2. The number of methoxy groups -OCH3 is 1. The Hall–Kier alpha value is -2.08. The summed E-state index contributed by atoms with van der Waals surface area (Å²) in [4.78, 5) is 23.7. The van der Waals surface area contributed by atoms with E-state index in [4.69, 9.17) is 9.47 Å². The third kappa shape index (κ3) is 4.46. The summed E-state index contributed by atoms with van der Waals surface area (Å²) in [6.45, 7) is 1.18. The average molecular weight is 292 g/mol. The lowest BCUT2D eigenvalue weighted by atomic mass is 10.2. The summed E-state index contributed by atoms with van der Waals surface area (Å²) in [5.74, 6) is -0.0803. The van der Waals surface area contributed by atoms with Crippen LogP contribution in [0.1, 0.15) is 23.2 Å². The minimum Gasteiger partial charge on any atom is -0.496 e. The number of para-hydroxylation sites is 1. The summed E-state index contributed by atoms with van der Waals surface area (Å²) >= 11 is 0. The van der Waals surface area contributed by atoms with Gasteiger partial charge < -0.3 is 20.1 Å². The summed E-state index contributed by atoms with van der Waals surface area (Å²) in [7, 11) is 1.50. The normalized spacial score (nSPS) is 17.3. The minimum atomic E-state index is -0.334. The fraction of sp³-hybridized carbons (Fsp3) is 0.467. The van der Waals surface area contributed by atoms with Crippen molar-refractivity contribution < 1.29 is 19.1 Å². The molecule has 1 aliphatic rings. The van der Waals surface area contributed by atoms with Gasteiger partial charge in [0.25, 0.3) is 5.91 Å². The second kappa shape index (κ2) is 7.64. The van der Waals surface area contributed by atoms with Crippen LogP contribution in [0.4, 0.5) is 0 Å². The molecule has 0 spiro atoms. The highest BCUT2D eigenvalue weighted by atomic mass is 16.5. The Balaban J connectivity index is 1.76. The van der Waals surface area contributed by atoms with Crippen LogP contribution in [0.15, 0.2) is 24.3 Å². The SMILES string of the molecule is COc1ccccc1C(=O)NCC(=O)NCC1CCCO1. The van der Waals surface area contributed by atoms with Gasteiger partial charge in [-0.3, -0.25) is 9.59 Å². The van der Waals surface area contributed by atoms with Gasteiger partial charge in [0.15, 0.2) is 0 Å².